The van der Waals surface area contributed by atoms with Gasteiger partial charge in [0, 0.05) is 12.5 Å². The van der Waals surface area contributed by atoms with Crippen LogP contribution in [0.2, 0.25) is 0 Å². The van der Waals surface area contributed by atoms with Gasteiger partial charge in [-0.05, 0) is 18.4 Å². The summed E-state index contributed by atoms with van der Waals surface area (Å²) in [6.07, 6.45) is 0.147. The van der Waals surface area contributed by atoms with E-state index in [1.807, 2.05) is 19.9 Å². The Bertz CT molecular complexity index is 543. The molecule has 1 aromatic rings. The van der Waals surface area contributed by atoms with Crippen LogP contribution >= 0.6 is 0 Å². The first-order valence-corrected chi connectivity index (χ1v) is 7.66. The van der Waals surface area contributed by atoms with Crippen molar-refractivity contribution in [3.63, 3.8) is 0 Å². The molecule has 0 aromatic heterocycles. The number of hydrogen-bond acceptors (Lipinski definition) is 3. The Balaban J connectivity index is 2.84. The Hall–Kier alpha value is -2.37. The first-order valence-electron chi connectivity index (χ1n) is 7.66. The van der Waals surface area contributed by atoms with E-state index in [4.69, 9.17) is 5.11 Å². The van der Waals surface area contributed by atoms with Gasteiger partial charge in [-0.15, -0.1) is 0 Å². The normalized spacial score (nSPS) is 13.2. The SMILES string of the molecule is CC(C)CC(=O)NC(C(=O)NC(C)CC(=O)O)c1ccccc1. The van der Waals surface area contributed by atoms with Gasteiger partial charge in [-0.3, -0.25) is 14.4 Å². The van der Waals surface area contributed by atoms with Crippen molar-refractivity contribution in [2.24, 2.45) is 5.92 Å². The molecule has 3 N–H and O–H groups in total. The van der Waals surface area contributed by atoms with Crippen LogP contribution in [0.3, 0.4) is 0 Å². The number of amides is 2. The predicted octanol–water partition coefficient (Wildman–Crippen LogP) is 1.87. The average Bonchev–Trinajstić information content (AvgIpc) is 2.43. The molecule has 1 aromatic carbocycles. The Labute approximate surface area is 136 Å². The van der Waals surface area contributed by atoms with Crippen molar-refractivity contribution in [1.82, 2.24) is 10.6 Å². The third-order valence-electron chi connectivity index (χ3n) is 3.16. The fraction of sp³-hybridized carbons (Fsp3) is 0.471. The molecule has 0 bridgehead atoms. The number of carbonyl (C=O) groups is 3. The van der Waals surface area contributed by atoms with Gasteiger partial charge in [0.2, 0.25) is 11.8 Å². The highest BCUT2D eigenvalue weighted by atomic mass is 16.4. The lowest BCUT2D eigenvalue weighted by Gasteiger charge is -2.21. The van der Waals surface area contributed by atoms with Crippen molar-refractivity contribution in [2.45, 2.75) is 45.7 Å². The van der Waals surface area contributed by atoms with Gasteiger partial charge in [-0.25, -0.2) is 0 Å². The molecule has 6 heteroatoms. The summed E-state index contributed by atoms with van der Waals surface area (Å²) in [4.78, 5) is 35.2. The molecule has 0 fully saturated rings. The van der Waals surface area contributed by atoms with E-state index in [9.17, 15) is 14.4 Å². The van der Waals surface area contributed by atoms with E-state index in [0.29, 0.717) is 12.0 Å². The summed E-state index contributed by atoms with van der Waals surface area (Å²) in [5, 5.41) is 14.1. The fourth-order valence-electron chi connectivity index (χ4n) is 2.18. The van der Waals surface area contributed by atoms with Crippen LogP contribution in [0.5, 0.6) is 0 Å². The molecule has 2 atom stereocenters. The van der Waals surface area contributed by atoms with E-state index in [0.717, 1.165) is 0 Å². The summed E-state index contributed by atoms with van der Waals surface area (Å²) < 4.78 is 0. The van der Waals surface area contributed by atoms with Gasteiger partial charge in [0.1, 0.15) is 6.04 Å². The Morgan fingerprint density at radius 2 is 1.61 bits per heavy atom. The third kappa shape index (κ3) is 6.95. The molecule has 0 aliphatic rings. The standard InChI is InChI=1S/C17H24N2O4/c1-11(2)9-14(20)19-16(13-7-5-4-6-8-13)17(23)18-12(3)10-15(21)22/h4-8,11-12,16H,9-10H2,1-3H3,(H,18,23)(H,19,20)(H,21,22). The Kier molecular flexibility index (Phi) is 7.25. The third-order valence-corrected chi connectivity index (χ3v) is 3.16. The minimum absolute atomic E-state index is 0.173. The van der Waals surface area contributed by atoms with Crippen molar-refractivity contribution in [1.29, 1.82) is 0 Å². The first kappa shape index (κ1) is 18.7. The van der Waals surface area contributed by atoms with Crippen LogP contribution in [-0.4, -0.2) is 28.9 Å². The molecule has 23 heavy (non-hydrogen) atoms. The molecule has 2 amide bonds. The topological polar surface area (TPSA) is 95.5 Å². The highest BCUT2D eigenvalue weighted by Gasteiger charge is 2.24. The molecule has 0 saturated carbocycles. The molecule has 0 aliphatic carbocycles. The van der Waals surface area contributed by atoms with E-state index in [1.165, 1.54) is 0 Å². The highest BCUT2D eigenvalue weighted by molar-refractivity contribution is 5.89. The van der Waals surface area contributed by atoms with E-state index in [-0.39, 0.29) is 18.2 Å². The lowest BCUT2D eigenvalue weighted by atomic mass is 10.0. The van der Waals surface area contributed by atoms with Crippen LogP contribution in [0.15, 0.2) is 30.3 Å². The molecule has 0 aliphatic heterocycles. The van der Waals surface area contributed by atoms with Crippen LogP contribution in [0.1, 0.15) is 45.2 Å². The molecule has 0 spiro atoms. The molecule has 6 nitrogen and oxygen atoms in total. The Morgan fingerprint density at radius 1 is 1.00 bits per heavy atom. The minimum atomic E-state index is -0.988. The first-order chi connectivity index (χ1) is 10.8. The number of benzene rings is 1. The molecule has 2 unspecified atom stereocenters. The average molecular weight is 320 g/mol. The summed E-state index contributed by atoms with van der Waals surface area (Å²) in [7, 11) is 0. The molecule has 0 radical (unpaired) electrons. The summed E-state index contributed by atoms with van der Waals surface area (Å²) in [5.41, 5.74) is 0.657. The molecular formula is C17H24N2O4. The predicted molar refractivity (Wildman–Crippen MR) is 86.6 cm³/mol. The maximum atomic E-state index is 12.4. The molecule has 1 rings (SSSR count). The largest absolute Gasteiger partial charge is 0.481 e. The summed E-state index contributed by atoms with van der Waals surface area (Å²) >= 11 is 0. The van der Waals surface area contributed by atoms with Crippen molar-refractivity contribution >= 4 is 17.8 Å². The second kappa shape index (κ2) is 8.92. The molecular weight excluding hydrogens is 296 g/mol. The van der Waals surface area contributed by atoms with Crippen molar-refractivity contribution in [3.05, 3.63) is 35.9 Å². The second-order valence-electron chi connectivity index (χ2n) is 6.02. The van der Waals surface area contributed by atoms with Crippen LogP contribution < -0.4 is 10.6 Å². The Morgan fingerprint density at radius 3 is 2.13 bits per heavy atom. The number of rotatable bonds is 8. The van der Waals surface area contributed by atoms with Gasteiger partial charge >= 0.3 is 5.97 Å². The fourth-order valence-corrected chi connectivity index (χ4v) is 2.18. The van der Waals surface area contributed by atoms with Crippen molar-refractivity contribution in [3.8, 4) is 0 Å². The van der Waals surface area contributed by atoms with Gasteiger partial charge < -0.3 is 15.7 Å². The lowest BCUT2D eigenvalue weighted by Crippen LogP contribution is -2.44. The van der Waals surface area contributed by atoms with Crippen molar-refractivity contribution < 1.29 is 19.5 Å². The number of aliphatic carboxylic acids is 1. The summed E-state index contributed by atoms with van der Waals surface area (Å²) in [5.74, 6) is -1.43. The van der Waals surface area contributed by atoms with E-state index in [2.05, 4.69) is 10.6 Å². The maximum Gasteiger partial charge on any atom is 0.305 e. The molecule has 0 saturated heterocycles. The van der Waals surface area contributed by atoms with Gasteiger partial charge in [-0.1, -0.05) is 44.2 Å². The van der Waals surface area contributed by atoms with Gasteiger partial charge in [0.05, 0.1) is 6.42 Å². The van der Waals surface area contributed by atoms with E-state index in [1.54, 1.807) is 31.2 Å². The molecule has 126 valence electrons. The summed E-state index contributed by atoms with van der Waals surface area (Å²) in [6.45, 7) is 5.46. The van der Waals surface area contributed by atoms with Crippen LogP contribution in [0.25, 0.3) is 0 Å². The van der Waals surface area contributed by atoms with Crippen LogP contribution in [0, 0.1) is 5.92 Å². The van der Waals surface area contributed by atoms with Crippen LogP contribution in [0.4, 0.5) is 0 Å². The number of carbonyl (C=O) groups excluding carboxylic acids is 2. The molecule has 0 heterocycles. The van der Waals surface area contributed by atoms with Gasteiger partial charge in [0.25, 0.3) is 0 Å². The number of hydrogen-bond donors (Lipinski definition) is 3. The van der Waals surface area contributed by atoms with Gasteiger partial charge in [-0.2, -0.15) is 0 Å². The van der Waals surface area contributed by atoms with E-state index < -0.39 is 24.0 Å². The highest BCUT2D eigenvalue weighted by Crippen LogP contribution is 2.14. The quantitative estimate of drug-likeness (QED) is 0.681. The number of carboxylic acids is 1. The summed E-state index contributed by atoms with van der Waals surface area (Å²) in [6, 6.07) is 7.53. The lowest BCUT2D eigenvalue weighted by molar-refractivity contribution is -0.138. The van der Waals surface area contributed by atoms with Crippen LogP contribution in [-0.2, 0) is 14.4 Å². The number of carboxylic acid groups (broad SMARTS) is 1. The van der Waals surface area contributed by atoms with Gasteiger partial charge in [0.15, 0.2) is 0 Å². The minimum Gasteiger partial charge on any atom is -0.481 e. The zero-order valence-corrected chi connectivity index (χ0v) is 13.7. The zero-order valence-electron chi connectivity index (χ0n) is 13.7. The van der Waals surface area contributed by atoms with Crippen molar-refractivity contribution in [2.75, 3.05) is 0 Å². The number of nitrogens with one attached hydrogen (secondary N) is 2. The second-order valence-corrected chi connectivity index (χ2v) is 6.02. The monoisotopic (exact) mass is 320 g/mol. The maximum absolute atomic E-state index is 12.4. The zero-order chi connectivity index (χ0) is 17.4. The smallest absolute Gasteiger partial charge is 0.305 e. The van der Waals surface area contributed by atoms with E-state index >= 15 is 0 Å².